The van der Waals surface area contributed by atoms with E-state index in [2.05, 4.69) is 96.2 Å². The molecule has 1 atom stereocenters. The number of carboxylic acid groups (broad SMARTS) is 1. The Labute approximate surface area is 249 Å². The maximum Gasteiger partial charge on any atom is 0.305 e. The number of aliphatic carboxylic acids is 1. The number of carboxylic acids is 1. The van der Waals surface area contributed by atoms with Gasteiger partial charge in [0.25, 0.3) is 5.91 Å². The molecule has 0 aliphatic carbocycles. The molecule has 4 nitrogen and oxygen atoms in total. The zero-order chi connectivity index (χ0) is 29.4. The first-order chi connectivity index (χ1) is 18.8. The lowest BCUT2D eigenvalue weighted by Gasteiger charge is -2.20. The van der Waals surface area contributed by atoms with Gasteiger partial charge in [-0.15, -0.1) is 23.1 Å². The summed E-state index contributed by atoms with van der Waals surface area (Å²) >= 11 is 3.41. The Balaban J connectivity index is 1.81. The molecule has 0 fully saturated rings. The van der Waals surface area contributed by atoms with E-state index in [1.165, 1.54) is 61.8 Å². The number of hydrogen-bond acceptors (Lipinski definition) is 4. The predicted molar refractivity (Wildman–Crippen MR) is 171 cm³/mol. The number of amides is 1. The number of thioether (sulfide) groups is 1. The second-order valence-corrected chi connectivity index (χ2v) is 14.5. The van der Waals surface area contributed by atoms with E-state index < -0.39 is 5.97 Å². The van der Waals surface area contributed by atoms with E-state index in [0.29, 0.717) is 10.8 Å². The Hall–Kier alpha value is -2.57. The van der Waals surface area contributed by atoms with Crippen LogP contribution in [0.3, 0.4) is 0 Å². The number of aryl methyl sites for hydroxylation is 2. The van der Waals surface area contributed by atoms with Crippen LogP contribution in [0.25, 0.3) is 11.1 Å². The van der Waals surface area contributed by atoms with Gasteiger partial charge < -0.3 is 10.4 Å². The quantitative estimate of drug-likeness (QED) is 0.156. The number of unbranched alkanes of at least 4 members (excludes halogenated alkanes) is 1. The second-order valence-electron chi connectivity index (χ2n) is 12.1. The summed E-state index contributed by atoms with van der Waals surface area (Å²) in [5.74, 6) is -0.414. The number of thiophene rings is 1. The van der Waals surface area contributed by atoms with Crippen LogP contribution in [0, 0.1) is 19.8 Å². The molecule has 1 amide bonds. The molecule has 0 saturated carbocycles. The third-order valence-electron chi connectivity index (χ3n) is 7.11. The first-order valence-electron chi connectivity index (χ1n) is 14.3. The van der Waals surface area contributed by atoms with Crippen molar-refractivity contribution in [3.63, 3.8) is 0 Å². The van der Waals surface area contributed by atoms with Crippen molar-refractivity contribution in [3.05, 3.63) is 75.0 Å². The van der Waals surface area contributed by atoms with Gasteiger partial charge in [0.05, 0.1) is 11.3 Å². The number of rotatable bonds is 13. The molecule has 1 unspecified atom stereocenters. The highest BCUT2D eigenvalue weighted by Crippen LogP contribution is 2.44. The number of nitrogens with one attached hydrogen (secondary N) is 1. The Kier molecular flexibility index (Phi) is 11.5. The lowest BCUT2D eigenvalue weighted by molar-refractivity contribution is -0.136. The van der Waals surface area contributed by atoms with E-state index in [9.17, 15) is 9.59 Å². The van der Waals surface area contributed by atoms with Crippen LogP contribution in [-0.2, 0) is 10.2 Å². The van der Waals surface area contributed by atoms with E-state index in [-0.39, 0.29) is 29.5 Å². The van der Waals surface area contributed by atoms with Gasteiger partial charge in [0.1, 0.15) is 0 Å². The van der Waals surface area contributed by atoms with Gasteiger partial charge in [-0.05, 0) is 83.7 Å². The molecule has 216 valence electrons. The van der Waals surface area contributed by atoms with Crippen LogP contribution in [-0.4, -0.2) is 23.5 Å². The fourth-order valence-electron chi connectivity index (χ4n) is 4.91. The van der Waals surface area contributed by atoms with Crippen molar-refractivity contribution in [2.75, 3.05) is 6.54 Å². The molecule has 3 rings (SSSR count). The van der Waals surface area contributed by atoms with Crippen molar-refractivity contribution in [1.29, 1.82) is 0 Å². The Morgan fingerprint density at radius 2 is 1.57 bits per heavy atom. The van der Waals surface area contributed by atoms with E-state index >= 15 is 0 Å². The molecule has 1 heterocycles. The predicted octanol–water partition coefficient (Wildman–Crippen LogP) is 9.58. The van der Waals surface area contributed by atoms with Gasteiger partial charge in [-0.2, -0.15) is 0 Å². The van der Waals surface area contributed by atoms with Crippen LogP contribution in [0.1, 0.15) is 103 Å². The van der Waals surface area contributed by atoms with Crippen molar-refractivity contribution in [2.45, 2.75) is 96.1 Å². The van der Waals surface area contributed by atoms with Crippen molar-refractivity contribution in [3.8, 4) is 11.1 Å². The topological polar surface area (TPSA) is 66.4 Å². The number of benzene rings is 2. The van der Waals surface area contributed by atoms with E-state index in [0.717, 1.165) is 12.8 Å². The summed E-state index contributed by atoms with van der Waals surface area (Å²) in [5.41, 5.74) is 6.57. The van der Waals surface area contributed by atoms with Crippen molar-refractivity contribution >= 4 is 35.0 Å². The standard InChI is InChI=1S/C34H45NO3S2/c1-22(2)10-8-9-11-28(29-16-17-30(40-29)33(38)35-19-18-31(36)37)39-27-20-23(3)32(24(4)21-27)25-12-14-26(15-13-25)34(5,6)7/h12-17,20-22,28H,8-11,18-19H2,1-7H3,(H,35,38)(H,36,37). The normalized spacial score (nSPS) is 12.5. The molecule has 3 aromatic rings. The minimum absolute atomic E-state index is 0.0757. The maximum absolute atomic E-state index is 12.6. The summed E-state index contributed by atoms with van der Waals surface area (Å²) in [5, 5.41) is 11.8. The highest BCUT2D eigenvalue weighted by Gasteiger charge is 2.20. The first-order valence-corrected chi connectivity index (χ1v) is 16.0. The summed E-state index contributed by atoms with van der Waals surface area (Å²) in [6.45, 7) is 15.8. The van der Waals surface area contributed by atoms with Crippen LogP contribution in [0.5, 0.6) is 0 Å². The Bertz CT molecular complexity index is 1260. The minimum Gasteiger partial charge on any atom is -0.481 e. The molecule has 40 heavy (non-hydrogen) atoms. The van der Waals surface area contributed by atoms with Gasteiger partial charge in [0.15, 0.2) is 0 Å². The van der Waals surface area contributed by atoms with Gasteiger partial charge in [0, 0.05) is 21.6 Å². The number of hydrogen-bond donors (Lipinski definition) is 2. The molecule has 0 aliphatic rings. The van der Waals surface area contributed by atoms with Crippen LogP contribution < -0.4 is 5.32 Å². The van der Waals surface area contributed by atoms with E-state index in [4.69, 9.17) is 5.11 Å². The molecule has 0 bridgehead atoms. The number of carbonyl (C=O) groups excluding carboxylic acids is 1. The lowest BCUT2D eigenvalue weighted by Crippen LogP contribution is -2.25. The van der Waals surface area contributed by atoms with Crippen LogP contribution >= 0.6 is 23.1 Å². The zero-order valence-electron chi connectivity index (χ0n) is 25.1. The van der Waals surface area contributed by atoms with E-state index in [1.54, 1.807) is 0 Å². The van der Waals surface area contributed by atoms with Crippen molar-refractivity contribution in [1.82, 2.24) is 5.32 Å². The second kappa shape index (κ2) is 14.4. The third kappa shape index (κ3) is 9.24. The fourth-order valence-corrected chi connectivity index (χ4v) is 7.43. The number of carbonyl (C=O) groups is 2. The largest absolute Gasteiger partial charge is 0.481 e. The summed E-state index contributed by atoms with van der Waals surface area (Å²) in [6.07, 6.45) is 4.54. The lowest BCUT2D eigenvalue weighted by atomic mass is 9.85. The molecule has 2 N–H and O–H groups in total. The van der Waals surface area contributed by atoms with Crippen LogP contribution in [0.4, 0.5) is 0 Å². The highest BCUT2D eigenvalue weighted by atomic mass is 32.2. The molecule has 0 spiro atoms. The molecule has 0 saturated heterocycles. The fraction of sp³-hybridized carbons (Fsp3) is 0.471. The first kappa shape index (κ1) is 32.0. The van der Waals surface area contributed by atoms with Crippen molar-refractivity contribution < 1.29 is 14.7 Å². The molecule has 2 aromatic carbocycles. The average molecular weight is 580 g/mol. The summed E-state index contributed by atoms with van der Waals surface area (Å²) in [6, 6.07) is 17.5. The summed E-state index contributed by atoms with van der Waals surface area (Å²) < 4.78 is 0. The van der Waals surface area contributed by atoms with Gasteiger partial charge in [0.2, 0.25) is 0 Å². The maximum atomic E-state index is 12.6. The van der Waals surface area contributed by atoms with Crippen molar-refractivity contribution in [2.24, 2.45) is 5.92 Å². The van der Waals surface area contributed by atoms with Gasteiger partial charge in [-0.3, -0.25) is 9.59 Å². The summed E-state index contributed by atoms with van der Waals surface area (Å²) in [7, 11) is 0. The van der Waals surface area contributed by atoms with Gasteiger partial charge in [-0.25, -0.2) is 0 Å². The third-order valence-corrected chi connectivity index (χ3v) is 9.74. The SMILES string of the molecule is Cc1cc(SC(CCCCC(C)C)c2ccc(C(=O)NCCC(=O)O)s2)cc(C)c1-c1ccc(C(C)(C)C)cc1. The minimum atomic E-state index is -0.913. The molecule has 0 aliphatic heterocycles. The molecular weight excluding hydrogens is 535 g/mol. The molecule has 6 heteroatoms. The van der Waals surface area contributed by atoms with Gasteiger partial charge >= 0.3 is 5.97 Å². The van der Waals surface area contributed by atoms with Crippen LogP contribution in [0.15, 0.2) is 53.4 Å². The monoisotopic (exact) mass is 579 g/mol. The zero-order valence-corrected chi connectivity index (χ0v) is 26.7. The van der Waals surface area contributed by atoms with E-state index in [1.807, 2.05) is 17.8 Å². The van der Waals surface area contributed by atoms with Gasteiger partial charge in [-0.1, -0.05) is 78.1 Å². The molecule has 0 radical (unpaired) electrons. The molecular formula is C34H45NO3S2. The average Bonchev–Trinajstić information content (AvgIpc) is 3.35. The Morgan fingerprint density at radius 3 is 2.15 bits per heavy atom. The molecule has 1 aromatic heterocycles. The van der Waals surface area contributed by atoms with Crippen LogP contribution in [0.2, 0.25) is 0 Å². The Morgan fingerprint density at radius 1 is 0.950 bits per heavy atom. The smallest absolute Gasteiger partial charge is 0.305 e. The summed E-state index contributed by atoms with van der Waals surface area (Å²) in [4.78, 5) is 26.5. The highest BCUT2D eigenvalue weighted by molar-refractivity contribution is 7.99.